The van der Waals surface area contributed by atoms with Crippen molar-refractivity contribution in [2.75, 3.05) is 5.32 Å². The van der Waals surface area contributed by atoms with Crippen LogP contribution >= 0.6 is 0 Å². The number of ether oxygens (including phenoxy) is 1. The Morgan fingerprint density at radius 2 is 1.58 bits per heavy atom. The molecule has 0 aliphatic heterocycles. The minimum atomic E-state index is -0.652. The fourth-order valence-electron chi connectivity index (χ4n) is 2.00. The third kappa shape index (κ3) is 4.22. The largest absolute Gasteiger partial charge is 0.439 e. The summed E-state index contributed by atoms with van der Waals surface area (Å²) in [6, 6.07) is 10.3. The molecule has 7 heteroatoms. The zero-order valence-corrected chi connectivity index (χ0v) is 12.3. The molecule has 4 nitrogen and oxygen atoms in total. The van der Waals surface area contributed by atoms with E-state index < -0.39 is 11.6 Å². The summed E-state index contributed by atoms with van der Waals surface area (Å²) < 4.78 is 44.6. The summed E-state index contributed by atoms with van der Waals surface area (Å²) in [4.78, 5) is 8.13. The molecule has 0 spiro atoms. The number of nitrogens with zero attached hydrogens (tertiary/aromatic N) is 2. The average molecular weight is 331 g/mol. The Morgan fingerprint density at radius 1 is 0.875 bits per heavy atom. The van der Waals surface area contributed by atoms with Gasteiger partial charge in [-0.1, -0.05) is 0 Å². The molecular formula is C17H12F3N3O. The predicted octanol–water partition coefficient (Wildman–Crippen LogP) is 4.30. The lowest BCUT2D eigenvalue weighted by Crippen LogP contribution is -2.04. The van der Waals surface area contributed by atoms with E-state index >= 15 is 0 Å². The summed E-state index contributed by atoms with van der Waals surface area (Å²) in [6.45, 7) is 0.148. The zero-order chi connectivity index (χ0) is 16.9. The van der Waals surface area contributed by atoms with E-state index in [1.54, 1.807) is 0 Å². The smallest absolute Gasteiger partial charge is 0.226 e. The number of halogens is 3. The fourth-order valence-corrected chi connectivity index (χ4v) is 2.00. The molecule has 0 aliphatic rings. The van der Waals surface area contributed by atoms with Gasteiger partial charge in [0, 0.05) is 24.9 Å². The Balaban J connectivity index is 1.67. The maximum absolute atomic E-state index is 13.1. The second-order valence-corrected chi connectivity index (χ2v) is 4.91. The van der Waals surface area contributed by atoms with Crippen molar-refractivity contribution in [2.24, 2.45) is 0 Å². The van der Waals surface area contributed by atoms with Gasteiger partial charge in [-0.05, 0) is 42.0 Å². The highest BCUT2D eigenvalue weighted by atomic mass is 19.1. The van der Waals surface area contributed by atoms with Crippen LogP contribution in [0.25, 0.3) is 0 Å². The molecule has 0 aliphatic carbocycles. The van der Waals surface area contributed by atoms with E-state index in [1.165, 1.54) is 48.7 Å². The third-order valence-electron chi connectivity index (χ3n) is 3.04. The summed E-state index contributed by atoms with van der Waals surface area (Å²) in [5, 5.41) is 2.86. The van der Waals surface area contributed by atoms with Gasteiger partial charge < -0.3 is 10.1 Å². The molecule has 2 aromatic carbocycles. The molecule has 0 radical (unpaired) electrons. The molecule has 1 N–H and O–H groups in total. The minimum absolute atomic E-state index is 0.148. The number of rotatable bonds is 5. The van der Waals surface area contributed by atoms with Gasteiger partial charge in [-0.25, -0.2) is 18.2 Å². The van der Waals surface area contributed by atoms with Crippen molar-refractivity contribution in [3.63, 3.8) is 0 Å². The van der Waals surface area contributed by atoms with E-state index in [0.29, 0.717) is 11.3 Å². The summed E-state index contributed by atoms with van der Waals surface area (Å²) in [7, 11) is 0. The van der Waals surface area contributed by atoms with Crippen LogP contribution in [0.4, 0.5) is 19.1 Å². The molecule has 1 aromatic heterocycles. The predicted molar refractivity (Wildman–Crippen MR) is 82.2 cm³/mol. The van der Waals surface area contributed by atoms with Gasteiger partial charge in [0.05, 0.1) is 0 Å². The van der Waals surface area contributed by atoms with E-state index in [0.717, 1.165) is 6.07 Å². The molecule has 0 amide bonds. The number of aromatic nitrogens is 2. The maximum atomic E-state index is 13.1. The topological polar surface area (TPSA) is 47.0 Å². The standard InChI is InChI=1S/C17H12F3N3O/c18-12-1-3-15(4-2-12)24-16-5-6-21-17(23-16)22-10-11-7-13(19)9-14(20)8-11/h1-9H,10H2,(H,21,22,23). The van der Waals surface area contributed by atoms with Gasteiger partial charge in [-0.2, -0.15) is 4.98 Å². The van der Waals surface area contributed by atoms with Crippen LogP contribution in [0, 0.1) is 17.5 Å². The molecule has 0 fully saturated rings. The fraction of sp³-hybridized carbons (Fsp3) is 0.0588. The van der Waals surface area contributed by atoms with E-state index in [1.807, 2.05) is 0 Å². The van der Waals surface area contributed by atoms with Crippen molar-refractivity contribution in [3.8, 4) is 11.6 Å². The molecule has 3 rings (SSSR count). The molecule has 0 saturated heterocycles. The summed E-state index contributed by atoms with van der Waals surface area (Å²) in [5.41, 5.74) is 0.418. The van der Waals surface area contributed by atoms with Crippen molar-refractivity contribution in [3.05, 3.63) is 77.7 Å². The highest BCUT2D eigenvalue weighted by molar-refractivity contribution is 5.33. The Hall–Kier alpha value is -3.09. The molecular weight excluding hydrogens is 319 g/mol. The van der Waals surface area contributed by atoms with Crippen LogP contribution in [0.1, 0.15) is 5.56 Å². The van der Waals surface area contributed by atoms with Crippen molar-refractivity contribution < 1.29 is 17.9 Å². The Bertz CT molecular complexity index is 820. The van der Waals surface area contributed by atoms with Crippen LogP contribution in [0.3, 0.4) is 0 Å². The average Bonchev–Trinajstić information content (AvgIpc) is 2.55. The normalized spacial score (nSPS) is 10.5. The summed E-state index contributed by atoms with van der Waals surface area (Å²) in [6.07, 6.45) is 1.47. The molecule has 122 valence electrons. The van der Waals surface area contributed by atoms with Gasteiger partial charge in [0.25, 0.3) is 0 Å². The highest BCUT2D eigenvalue weighted by Gasteiger charge is 2.04. The number of hydrogen-bond donors (Lipinski definition) is 1. The second-order valence-electron chi connectivity index (χ2n) is 4.91. The maximum Gasteiger partial charge on any atom is 0.226 e. The van der Waals surface area contributed by atoms with Gasteiger partial charge in [0.2, 0.25) is 11.8 Å². The molecule has 24 heavy (non-hydrogen) atoms. The lowest BCUT2D eigenvalue weighted by atomic mass is 10.2. The van der Waals surface area contributed by atoms with Crippen LogP contribution in [-0.4, -0.2) is 9.97 Å². The van der Waals surface area contributed by atoms with E-state index in [2.05, 4.69) is 15.3 Å². The second kappa shape index (κ2) is 6.99. The molecule has 1 heterocycles. The first kappa shape index (κ1) is 15.8. The highest BCUT2D eigenvalue weighted by Crippen LogP contribution is 2.20. The third-order valence-corrected chi connectivity index (χ3v) is 3.04. The first-order valence-electron chi connectivity index (χ1n) is 7.04. The summed E-state index contributed by atoms with van der Waals surface area (Å²) >= 11 is 0. The number of nitrogens with one attached hydrogen (secondary N) is 1. The van der Waals surface area contributed by atoms with Crippen molar-refractivity contribution in [2.45, 2.75) is 6.54 Å². The molecule has 0 saturated carbocycles. The molecule has 3 aromatic rings. The van der Waals surface area contributed by atoms with E-state index in [9.17, 15) is 13.2 Å². The van der Waals surface area contributed by atoms with Crippen LogP contribution < -0.4 is 10.1 Å². The Morgan fingerprint density at radius 3 is 2.29 bits per heavy atom. The van der Waals surface area contributed by atoms with Gasteiger partial charge in [-0.15, -0.1) is 0 Å². The van der Waals surface area contributed by atoms with E-state index in [-0.39, 0.29) is 24.2 Å². The lowest BCUT2D eigenvalue weighted by Gasteiger charge is -2.08. The van der Waals surface area contributed by atoms with Crippen LogP contribution in [0.5, 0.6) is 11.6 Å². The number of anilines is 1. The minimum Gasteiger partial charge on any atom is -0.439 e. The van der Waals surface area contributed by atoms with Gasteiger partial charge in [-0.3, -0.25) is 0 Å². The Kier molecular flexibility index (Phi) is 4.60. The quantitative estimate of drug-likeness (QED) is 0.757. The lowest BCUT2D eigenvalue weighted by molar-refractivity contribution is 0.460. The molecule has 0 bridgehead atoms. The monoisotopic (exact) mass is 331 g/mol. The van der Waals surface area contributed by atoms with Gasteiger partial charge in [0.1, 0.15) is 23.2 Å². The van der Waals surface area contributed by atoms with Crippen LogP contribution in [0.15, 0.2) is 54.7 Å². The van der Waals surface area contributed by atoms with Crippen LogP contribution in [0.2, 0.25) is 0 Å². The van der Waals surface area contributed by atoms with Crippen LogP contribution in [-0.2, 0) is 6.54 Å². The van der Waals surface area contributed by atoms with Gasteiger partial charge >= 0.3 is 0 Å². The first-order chi connectivity index (χ1) is 11.6. The first-order valence-corrected chi connectivity index (χ1v) is 7.04. The molecule has 0 unspecified atom stereocenters. The summed E-state index contributed by atoms with van der Waals surface area (Å²) in [5.74, 6) is -0.756. The van der Waals surface area contributed by atoms with Crippen molar-refractivity contribution >= 4 is 5.95 Å². The van der Waals surface area contributed by atoms with Crippen molar-refractivity contribution in [1.29, 1.82) is 0 Å². The van der Waals surface area contributed by atoms with Crippen molar-refractivity contribution in [1.82, 2.24) is 9.97 Å². The SMILES string of the molecule is Fc1ccc(Oc2ccnc(NCc3cc(F)cc(F)c3)n2)cc1. The van der Waals surface area contributed by atoms with Gasteiger partial charge in [0.15, 0.2) is 0 Å². The Labute approximate surface area is 136 Å². The number of hydrogen-bond acceptors (Lipinski definition) is 4. The van der Waals surface area contributed by atoms with E-state index in [4.69, 9.17) is 4.74 Å². The molecule has 0 atom stereocenters. The zero-order valence-electron chi connectivity index (χ0n) is 12.3. The number of benzene rings is 2.